The molecule has 1 aliphatic heterocycles. The Labute approximate surface area is 172 Å². The third-order valence-corrected chi connectivity index (χ3v) is 8.90. The van der Waals surface area contributed by atoms with E-state index in [0.717, 1.165) is 56.3 Å². The van der Waals surface area contributed by atoms with Crippen molar-refractivity contribution in [2.45, 2.75) is 49.8 Å². The van der Waals surface area contributed by atoms with Crippen LogP contribution in [0.2, 0.25) is 0 Å². The molecular formula is C23H33N2O2S+. The molecule has 0 spiro atoms. The van der Waals surface area contributed by atoms with E-state index in [-0.39, 0.29) is 5.91 Å². The largest absolute Gasteiger partial charge is 0.370 e. The Kier molecular flexibility index (Phi) is 5.42. The van der Waals surface area contributed by atoms with Gasteiger partial charge >= 0.3 is 0 Å². The van der Waals surface area contributed by atoms with Crippen LogP contribution in [0.4, 0.5) is 5.69 Å². The summed E-state index contributed by atoms with van der Waals surface area (Å²) in [4.78, 5) is 14.1. The number of ether oxygens (including phenoxy) is 1. The Morgan fingerprint density at radius 3 is 2.25 bits per heavy atom. The van der Waals surface area contributed by atoms with Crippen LogP contribution in [0.3, 0.4) is 0 Å². The molecule has 152 valence electrons. The van der Waals surface area contributed by atoms with Gasteiger partial charge in [0.25, 0.3) is 0 Å². The number of thioether (sulfide) groups is 1. The van der Waals surface area contributed by atoms with Crippen LogP contribution in [0.5, 0.6) is 0 Å². The predicted molar refractivity (Wildman–Crippen MR) is 114 cm³/mol. The SMILES string of the molecule is O=C(CSC12CC3CC(CC(C3)C1)C2)Nc1ccc(C[NH+]2CCOCC2)cc1. The third kappa shape index (κ3) is 4.27. The van der Waals surface area contributed by atoms with Crippen molar-refractivity contribution < 1.29 is 14.4 Å². The molecule has 0 unspecified atom stereocenters. The lowest BCUT2D eigenvalue weighted by atomic mass is 9.56. The molecule has 0 radical (unpaired) electrons. The molecule has 0 aromatic heterocycles. The monoisotopic (exact) mass is 401 g/mol. The van der Waals surface area contributed by atoms with Gasteiger partial charge in [0, 0.05) is 16.0 Å². The van der Waals surface area contributed by atoms with Crippen molar-refractivity contribution in [3.63, 3.8) is 0 Å². The van der Waals surface area contributed by atoms with Crippen molar-refractivity contribution in [1.82, 2.24) is 0 Å². The Bertz CT molecular complexity index is 664. The van der Waals surface area contributed by atoms with Crippen LogP contribution >= 0.6 is 11.8 Å². The van der Waals surface area contributed by atoms with Crippen molar-refractivity contribution in [2.24, 2.45) is 17.8 Å². The molecule has 1 amide bonds. The van der Waals surface area contributed by atoms with Gasteiger partial charge in [-0.2, -0.15) is 0 Å². The first-order valence-corrected chi connectivity index (χ1v) is 12.1. The van der Waals surface area contributed by atoms with Crippen LogP contribution in [0, 0.1) is 17.8 Å². The second-order valence-corrected chi connectivity index (χ2v) is 11.1. The summed E-state index contributed by atoms with van der Waals surface area (Å²) in [5.74, 6) is 3.60. The summed E-state index contributed by atoms with van der Waals surface area (Å²) in [7, 11) is 0. The van der Waals surface area contributed by atoms with Gasteiger partial charge in [0.15, 0.2) is 0 Å². The molecule has 4 saturated carbocycles. The lowest BCUT2D eigenvalue weighted by molar-refractivity contribution is -0.921. The van der Waals surface area contributed by atoms with Gasteiger partial charge in [-0.3, -0.25) is 4.79 Å². The second-order valence-electron chi connectivity index (χ2n) is 9.67. The van der Waals surface area contributed by atoms with E-state index in [2.05, 4.69) is 29.6 Å². The lowest BCUT2D eigenvalue weighted by Crippen LogP contribution is -3.12. The standard InChI is InChI=1S/C23H32N2O2S/c26-22(16-28-23-12-18-9-19(13-23)11-20(10-18)14-23)24-21-3-1-17(2-4-21)15-25-5-7-27-8-6-25/h1-4,18-20H,5-16H2,(H,24,26)/p+1. The summed E-state index contributed by atoms with van der Waals surface area (Å²) in [6.45, 7) is 4.94. The topological polar surface area (TPSA) is 42.8 Å². The number of nitrogens with one attached hydrogen (secondary N) is 2. The molecule has 4 nitrogen and oxygen atoms in total. The molecule has 4 bridgehead atoms. The van der Waals surface area contributed by atoms with Crippen molar-refractivity contribution in [3.05, 3.63) is 29.8 Å². The quantitative estimate of drug-likeness (QED) is 0.770. The van der Waals surface area contributed by atoms with Gasteiger partial charge in [0.05, 0.1) is 19.0 Å². The predicted octanol–water partition coefficient (Wildman–Crippen LogP) is 2.74. The third-order valence-electron chi connectivity index (χ3n) is 7.38. The molecule has 5 aliphatic rings. The van der Waals surface area contributed by atoms with Gasteiger partial charge in [0.2, 0.25) is 5.91 Å². The molecule has 4 aliphatic carbocycles. The molecule has 5 fully saturated rings. The number of benzene rings is 1. The van der Waals surface area contributed by atoms with Gasteiger partial charge in [-0.25, -0.2) is 0 Å². The van der Waals surface area contributed by atoms with Crippen molar-refractivity contribution in [1.29, 1.82) is 0 Å². The van der Waals surface area contributed by atoms with Gasteiger partial charge in [0.1, 0.15) is 19.6 Å². The zero-order chi connectivity index (χ0) is 19.0. The normalized spacial score (nSPS) is 34.5. The average Bonchev–Trinajstić information content (AvgIpc) is 2.68. The molecule has 1 saturated heterocycles. The Morgan fingerprint density at radius 1 is 1.04 bits per heavy atom. The van der Waals surface area contributed by atoms with Crippen molar-refractivity contribution in [3.8, 4) is 0 Å². The summed E-state index contributed by atoms with van der Waals surface area (Å²) >= 11 is 1.96. The zero-order valence-corrected chi connectivity index (χ0v) is 17.6. The van der Waals surface area contributed by atoms with E-state index in [9.17, 15) is 4.79 Å². The van der Waals surface area contributed by atoms with Gasteiger partial charge in [-0.15, -0.1) is 11.8 Å². The highest BCUT2D eigenvalue weighted by Crippen LogP contribution is 2.60. The second kappa shape index (κ2) is 8.00. The fourth-order valence-corrected chi connectivity index (χ4v) is 8.03. The molecule has 1 heterocycles. The number of rotatable bonds is 6. The number of hydrogen-bond donors (Lipinski definition) is 2. The Morgan fingerprint density at radius 2 is 1.64 bits per heavy atom. The van der Waals surface area contributed by atoms with Gasteiger partial charge < -0.3 is 15.0 Å². The van der Waals surface area contributed by atoms with Gasteiger partial charge in [-0.05, 0) is 68.4 Å². The molecule has 6 rings (SSSR count). The van der Waals surface area contributed by atoms with E-state index >= 15 is 0 Å². The van der Waals surface area contributed by atoms with E-state index in [1.54, 1.807) is 4.90 Å². The molecule has 28 heavy (non-hydrogen) atoms. The summed E-state index contributed by atoms with van der Waals surface area (Å²) in [5, 5.41) is 3.12. The molecule has 2 N–H and O–H groups in total. The minimum atomic E-state index is 0.160. The lowest BCUT2D eigenvalue weighted by Gasteiger charge is -2.56. The van der Waals surface area contributed by atoms with Crippen LogP contribution in [0.25, 0.3) is 0 Å². The maximum Gasteiger partial charge on any atom is 0.234 e. The van der Waals surface area contributed by atoms with E-state index in [0.29, 0.717) is 10.5 Å². The number of carbonyl (C=O) groups is 1. The number of hydrogen-bond acceptors (Lipinski definition) is 3. The highest BCUT2D eigenvalue weighted by Gasteiger charge is 2.51. The highest BCUT2D eigenvalue weighted by molar-refractivity contribution is 8.01. The molecular weight excluding hydrogens is 368 g/mol. The summed E-state index contributed by atoms with van der Waals surface area (Å²) in [6.07, 6.45) is 8.46. The van der Waals surface area contributed by atoms with Crippen LogP contribution in [-0.4, -0.2) is 42.7 Å². The van der Waals surface area contributed by atoms with E-state index < -0.39 is 0 Å². The number of amides is 1. The van der Waals surface area contributed by atoms with E-state index in [4.69, 9.17) is 4.74 Å². The first kappa shape index (κ1) is 19.0. The summed E-state index contributed by atoms with van der Waals surface area (Å²) in [6, 6.07) is 8.43. The number of anilines is 1. The van der Waals surface area contributed by atoms with Crippen molar-refractivity contribution in [2.75, 3.05) is 37.4 Å². The van der Waals surface area contributed by atoms with Gasteiger partial charge in [-0.1, -0.05) is 12.1 Å². The van der Waals surface area contributed by atoms with Crippen LogP contribution in [0.15, 0.2) is 24.3 Å². The average molecular weight is 402 g/mol. The maximum absolute atomic E-state index is 12.6. The molecule has 0 atom stereocenters. The first-order valence-electron chi connectivity index (χ1n) is 11.1. The van der Waals surface area contributed by atoms with Crippen molar-refractivity contribution >= 4 is 23.4 Å². The Balaban J connectivity index is 1.11. The minimum Gasteiger partial charge on any atom is -0.370 e. The Hall–Kier alpha value is -1.04. The van der Waals surface area contributed by atoms with Crippen LogP contribution in [0.1, 0.15) is 44.1 Å². The van der Waals surface area contributed by atoms with Crippen LogP contribution in [-0.2, 0) is 16.1 Å². The molecule has 1 aromatic rings. The van der Waals surface area contributed by atoms with E-state index in [1.807, 2.05) is 11.8 Å². The summed E-state index contributed by atoms with van der Waals surface area (Å²) < 4.78 is 5.84. The molecule has 1 aromatic carbocycles. The highest BCUT2D eigenvalue weighted by atomic mass is 32.2. The molecule has 5 heteroatoms. The smallest absolute Gasteiger partial charge is 0.234 e. The van der Waals surface area contributed by atoms with E-state index in [1.165, 1.54) is 44.1 Å². The minimum absolute atomic E-state index is 0.160. The fraction of sp³-hybridized carbons (Fsp3) is 0.696. The zero-order valence-electron chi connectivity index (χ0n) is 16.8. The first-order chi connectivity index (χ1) is 13.7. The maximum atomic E-state index is 12.6. The fourth-order valence-electron chi connectivity index (χ4n) is 6.46. The van der Waals surface area contributed by atoms with Crippen LogP contribution < -0.4 is 10.2 Å². The number of quaternary nitrogens is 1. The number of carbonyl (C=O) groups excluding carboxylic acids is 1. The number of morpholine rings is 1. The summed E-state index contributed by atoms with van der Waals surface area (Å²) in [5.41, 5.74) is 2.26.